The molecule has 1 aliphatic heterocycles. The summed E-state index contributed by atoms with van der Waals surface area (Å²) >= 11 is 0. The number of aryl methyl sites for hydroxylation is 2. The van der Waals surface area contributed by atoms with Crippen LogP contribution in [0.1, 0.15) is 42.4 Å². The van der Waals surface area contributed by atoms with Crippen molar-refractivity contribution in [1.29, 1.82) is 0 Å². The average molecular weight is 269 g/mol. The van der Waals surface area contributed by atoms with E-state index in [2.05, 4.69) is 44.1 Å². The molecule has 1 fully saturated rings. The summed E-state index contributed by atoms with van der Waals surface area (Å²) in [7, 11) is 0. The molecule has 1 aliphatic carbocycles. The highest BCUT2D eigenvalue weighted by Gasteiger charge is 2.27. The largest absolute Gasteiger partial charge is 0.367 e. The molecule has 2 aromatic rings. The fraction of sp³-hybridized carbons (Fsp3) is 0.533. The van der Waals surface area contributed by atoms with Crippen LogP contribution in [0.25, 0.3) is 0 Å². The Bertz CT molecular complexity index is 629. The quantitative estimate of drug-likeness (QED) is 0.929. The van der Waals surface area contributed by atoms with Crippen molar-refractivity contribution >= 4 is 5.82 Å². The summed E-state index contributed by atoms with van der Waals surface area (Å²) in [5.41, 5.74) is 2.37. The average Bonchev–Trinajstić information content (AvgIpc) is 3.17. The third-order valence-electron chi connectivity index (χ3n) is 4.12. The summed E-state index contributed by atoms with van der Waals surface area (Å²) < 4.78 is 2.10. The number of fused-ring (bicyclic) bond motifs is 1. The molecule has 0 spiro atoms. The molecule has 1 unspecified atom stereocenters. The lowest BCUT2D eigenvalue weighted by atomic mass is 10.0. The molecule has 104 valence electrons. The molecule has 0 aromatic carbocycles. The Hall–Kier alpha value is -1.91. The van der Waals surface area contributed by atoms with Crippen LogP contribution in [-0.4, -0.2) is 25.8 Å². The molecule has 5 nitrogen and oxygen atoms in total. The maximum absolute atomic E-state index is 4.69. The van der Waals surface area contributed by atoms with Gasteiger partial charge in [0.05, 0.1) is 0 Å². The molecule has 20 heavy (non-hydrogen) atoms. The second-order valence-electron chi connectivity index (χ2n) is 5.91. The van der Waals surface area contributed by atoms with Crippen molar-refractivity contribution in [2.24, 2.45) is 0 Å². The first kappa shape index (κ1) is 11.9. The SMILES string of the molecule is Cc1cc(NC2CCn3nccc3C2)nc(C2CC2)n1. The van der Waals surface area contributed by atoms with Gasteiger partial charge in [-0.15, -0.1) is 0 Å². The van der Waals surface area contributed by atoms with Crippen LogP contribution in [0.3, 0.4) is 0 Å². The van der Waals surface area contributed by atoms with Crippen molar-refractivity contribution in [2.75, 3.05) is 5.32 Å². The first-order valence-electron chi connectivity index (χ1n) is 7.41. The zero-order chi connectivity index (χ0) is 13.5. The molecule has 0 bridgehead atoms. The van der Waals surface area contributed by atoms with Crippen molar-refractivity contribution in [3.8, 4) is 0 Å². The molecule has 2 aliphatic rings. The van der Waals surface area contributed by atoms with Crippen LogP contribution < -0.4 is 5.32 Å². The first-order chi connectivity index (χ1) is 9.78. The van der Waals surface area contributed by atoms with Gasteiger partial charge in [0.1, 0.15) is 11.6 Å². The predicted molar refractivity (Wildman–Crippen MR) is 76.7 cm³/mol. The maximum Gasteiger partial charge on any atom is 0.134 e. The van der Waals surface area contributed by atoms with E-state index in [0.717, 1.165) is 36.7 Å². The van der Waals surface area contributed by atoms with Gasteiger partial charge in [-0.05, 0) is 32.3 Å². The van der Waals surface area contributed by atoms with E-state index in [0.29, 0.717) is 12.0 Å². The predicted octanol–water partition coefficient (Wildman–Crippen LogP) is 2.29. The molecular formula is C15H19N5. The minimum Gasteiger partial charge on any atom is -0.367 e. The molecule has 0 saturated heterocycles. The van der Waals surface area contributed by atoms with Crippen LogP contribution in [0, 0.1) is 6.92 Å². The van der Waals surface area contributed by atoms with Gasteiger partial charge in [-0.3, -0.25) is 4.68 Å². The molecule has 0 radical (unpaired) electrons. The molecule has 0 amide bonds. The van der Waals surface area contributed by atoms with Crippen LogP contribution >= 0.6 is 0 Å². The lowest BCUT2D eigenvalue weighted by Gasteiger charge is -2.25. The van der Waals surface area contributed by atoms with Gasteiger partial charge in [0, 0.05) is 48.6 Å². The summed E-state index contributed by atoms with van der Waals surface area (Å²) in [6, 6.07) is 4.60. The van der Waals surface area contributed by atoms with E-state index in [1.165, 1.54) is 18.5 Å². The van der Waals surface area contributed by atoms with Crippen LogP contribution in [0.2, 0.25) is 0 Å². The highest BCUT2D eigenvalue weighted by Crippen LogP contribution is 2.38. The Kier molecular flexibility index (Phi) is 2.72. The van der Waals surface area contributed by atoms with E-state index in [4.69, 9.17) is 0 Å². The highest BCUT2D eigenvalue weighted by molar-refractivity contribution is 5.38. The number of rotatable bonds is 3. The molecule has 2 aromatic heterocycles. The van der Waals surface area contributed by atoms with Gasteiger partial charge in [-0.25, -0.2) is 9.97 Å². The van der Waals surface area contributed by atoms with Gasteiger partial charge in [0.2, 0.25) is 0 Å². The fourth-order valence-electron chi connectivity index (χ4n) is 2.89. The summed E-state index contributed by atoms with van der Waals surface area (Å²) in [6.45, 7) is 3.04. The normalized spacial score (nSPS) is 21.6. The second-order valence-corrected chi connectivity index (χ2v) is 5.91. The van der Waals surface area contributed by atoms with Crippen molar-refractivity contribution in [3.05, 3.63) is 35.5 Å². The van der Waals surface area contributed by atoms with Gasteiger partial charge in [0.25, 0.3) is 0 Å². The first-order valence-corrected chi connectivity index (χ1v) is 7.41. The van der Waals surface area contributed by atoms with Gasteiger partial charge in [-0.2, -0.15) is 5.10 Å². The molecule has 3 heterocycles. The Morgan fingerprint density at radius 1 is 1.25 bits per heavy atom. The number of hydrogen-bond acceptors (Lipinski definition) is 4. The van der Waals surface area contributed by atoms with Crippen molar-refractivity contribution in [2.45, 2.75) is 51.1 Å². The monoisotopic (exact) mass is 269 g/mol. The van der Waals surface area contributed by atoms with Crippen LogP contribution in [0.4, 0.5) is 5.82 Å². The number of nitrogens with zero attached hydrogens (tertiary/aromatic N) is 4. The van der Waals surface area contributed by atoms with Gasteiger partial charge in [0.15, 0.2) is 0 Å². The maximum atomic E-state index is 4.69. The van der Waals surface area contributed by atoms with E-state index in [9.17, 15) is 0 Å². The Labute approximate surface area is 118 Å². The number of aromatic nitrogens is 4. The van der Waals surface area contributed by atoms with Gasteiger partial charge >= 0.3 is 0 Å². The number of hydrogen-bond donors (Lipinski definition) is 1. The third kappa shape index (κ3) is 2.28. The standard InChI is InChI=1S/C15H19N5/c1-10-8-14(19-15(17-10)11-2-3-11)18-12-5-7-20-13(9-12)4-6-16-20/h4,6,8,11-12H,2-3,5,7,9H2,1H3,(H,17,18,19). The smallest absolute Gasteiger partial charge is 0.134 e. The summed E-state index contributed by atoms with van der Waals surface area (Å²) in [6.07, 6.45) is 6.48. The van der Waals surface area contributed by atoms with Crippen molar-refractivity contribution in [1.82, 2.24) is 19.7 Å². The number of nitrogens with one attached hydrogen (secondary N) is 1. The minimum atomic E-state index is 0.445. The molecular weight excluding hydrogens is 250 g/mol. The van der Waals surface area contributed by atoms with E-state index < -0.39 is 0 Å². The lowest BCUT2D eigenvalue weighted by molar-refractivity contribution is 0.454. The zero-order valence-electron chi connectivity index (χ0n) is 11.7. The van der Waals surface area contributed by atoms with Crippen molar-refractivity contribution in [3.63, 3.8) is 0 Å². The van der Waals surface area contributed by atoms with E-state index in [-0.39, 0.29) is 0 Å². The van der Waals surface area contributed by atoms with Crippen LogP contribution in [-0.2, 0) is 13.0 Å². The third-order valence-corrected chi connectivity index (χ3v) is 4.12. The summed E-state index contributed by atoms with van der Waals surface area (Å²) in [5.74, 6) is 2.61. The zero-order valence-corrected chi connectivity index (χ0v) is 11.7. The Morgan fingerprint density at radius 3 is 3.00 bits per heavy atom. The highest BCUT2D eigenvalue weighted by atomic mass is 15.3. The lowest BCUT2D eigenvalue weighted by Crippen LogP contribution is -2.30. The van der Waals surface area contributed by atoms with Crippen LogP contribution in [0.15, 0.2) is 18.3 Å². The van der Waals surface area contributed by atoms with Gasteiger partial charge in [-0.1, -0.05) is 0 Å². The minimum absolute atomic E-state index is 0.445. The molecule has 1 N–H and O–H groups in total. The Balaban J connectivity index is 1.52. The van der Waals surface area contributed by atoms with E-state index in [1.54, 1.807) is 0 Å². The van der Waals surface area contributed by atoms with E-state index >= 15 is 0 Å². The van der Waals surface area contributed by atoms with Crippen LogP contribution in [0.5, 0.6) is 0 Å². The second kappa shape index (κ2) is 4.58. The summed E-state index contributed by atoms with van der Waals surface area (Å²) in [5, 5.41) is 7.90. The van der Waals surface area contributed by atoms with E-state index in [1.807, 2.05) is 6.20 Å². The van der Waals surface area contributed by atoms with Gasteiger partial charge < -0.3 is 5.32 Å². The molecule has 1 atom stereocenters. The summed E-state index contributed by atoms with van der Waals surface area (Å²) in [4.78, 5) is 9.24. The van der Waals surface area contributed by atoms with Crippen molar-refractivity contribution < 1.29 is 0 Å². The topological polar surface area (TPSA) is 55.6 Å². The molecule has 4 rings (SSSR count). The Morgan fingerprint density at radius 2 is 2.15 bits per heavy atom. The molecule has 1 saturated carbocycles. The fourth-order valence-corrected chi connectivity index (χ4v) is 2.89. The molecule has 5 heteroatoms. The number of anilines is 1.